The quantitative estimate of drug-likeness (QED) is 0.287. The highest BCUT2D eigenvalue weighted by atomic mass is 32.2. The molecule has 0 radical (unpaired) electrons. The minimum absolute atomic E-state index is 0.233. The second kappa shape index (κ2) is 8.04. The fourth-order valence-electron chi connectivity index (χ4n) is 1.15. The molecule has 0 atom stereocenters. The molecule has 1 amide bonds. The van der Waals surface area contributed by atoms with Gasteiger partial charge in [0.25, 0.3) is 5.91 Å². The molecule has 1 aromatic heterocycles. The highest BCUT2D eigenvalue weighted by Gasteiger charge is 2.08. The molecule has 0 saturated heterocycles. The number of nitrogen functional groups attached to an aromatic ring is 1. The van der Waals surface area contributed by atoms with Gasteiger partial charge in [-0.25, -0.2) is 5.84 Å². The molecule has 0 fully saturated rings. The summed E-state index contributed by atoms with van der Waals surface area (Å²) >= 11 is 1.82. The Hall–Kier alpha value is -1.12. The first kappa shape index (κ1) is 13.9. The van der Waals surface area contributed by atoms with E-state index in [-0.39, 0.29) is 5.69 Å². The van der Waals surface area contributed by atoms with Gasteiger partial charge in [-0.1, -0.05) is 5.21 Å². The van der Waals surface area contributed by atoms with Crippen molar-refractivity contribution in [3.63, 3.8) is 0 Å². The molecule has 0 saturated carbocycles. The Balaban J connectivity index is 2.19. The standard InChI is InChI=1S/C9H17N5O2S/c1-16-4-2-5-17-6-3-14-7-8(12-13-14)9(15)11-10/h7H,2-6,10H2,1H3,(H,11,15). The predicted octanol–water partition coefficient (Wildman–Crippen LogP) is -0.349. The highest BCUT2D eigenvalue weighted by molar-refractivity contribution is 7.99. The molecule has 0 aliphatic rings. The number of hydrogen-bond acceptors (Lipinski definition) is 6. The number of nitrogens with zero attached hydrogens (tertiary/aromatic N) is 3. The van der Waals surface area contributed by atoms with Gasteiger partial charge in [0.1, 0.15) is 0 Å². The van der Waals surface area contributed by atoms with Crippen molar-refractivity contribution in [1.82, 2.24) is 20.4 Å². The van der Waals surface area contributed by atoms with Crippen molar-refractivity contribution in [2.45, 2.75) is 13.0 Å². The summed E-state index contributed by atoms with van der Waals surface area (Å²) in [7, 11) is 1.70. The minimum Gasteiger partial charge on any atom is -0.385 e. The van der Waals surface area contributed by atoms with Crippen LogP contribution < -0.4 is 11.3 Å². The number of hydrazine groups is 1. The predicted molar refractivity (Wildman–Crippen MR) is 65.5 cm³/mol. The number of carbonyl (C=O) groups is 1. The number of methoxy groups -OCH3 is 1. The molecular formula is C9H17N5O2S. The van der Waals surface area contributed by atoms with Crippen LogP contribution in [-0.2, 0) is 11.3 Å². The Labute approximate surface area is 104 Å². The van der Waals surface area contributed by atoms with Gasteiger partial charge in [0, 0.05) is 19.5 Å². The van der Waals surface area contributed by atoms with Crippen LogP contribution in [0.5, 0.6) is 0 Å². The fraction of sp³-hybridized carbons (Fsp3) is 0.667. The molecule has 1 aromatic rings. The average Bonchev–Trinajstić information content (AvgIpc) is 2.81. The first-order valence-corrected chi connectivity index (χ1v) is 6.41. The number of aryl methyl sites for hydroxylation is 1. The zero-order valence-electron chi connectivity index (χ0n) is 9.76. The van der Waals surface area contributed by atoms with Crippen molar-refractivity contribution < 1.29 is 9.53 Å². The molecule has 1 rings (SSSR count). The normalized spacial score (nSPS) is 10.5. The van der Waals surface area contributed by atoms with Crippen LogP contribution in [0.3, 0.4) is 0 Å². The Morgan fingerprint density at radius 2 is 2.47 bits per heavy atom. The third kappa shape index (κ3) is 5.16. The molecule has 96 valence electrons. The smallest absolute Gasteiger partial charge is 0.287 e. The number of thioether (sulfide) groups is 1. The van der Waals surface area contributed by atoms with Crippen molar-refractivity contribution in [3.05, 3.63) is 11.9 Å². The second-order valence-corrected chi connectivity index (χ2v) is 4.52. The molecule has 0 unspecified atom stereocenters. The second-order valence-electron chi connectivity index (χ2n) is 3.30. The van der Waals surface area contributed by atoms with E-state index in [2.05, 4.69) is 10.3 Å². The van der Waals surface area contributed by atoms with Gasteiger partial charge in [-0.15, -0.1) is 5.10 Å². The molecular weight excluding hydrogens is 242 g/mol. The number of nitrogens with one attached hydrogen (secondary N) is 1. The van der Waals surface area contributed by atoms with E-state index in [9.17, 15) is 4.79 Å². The number of carbonyl (C=O) groups excluding carboxylic acids is 1. The maximum absolute atomic E-state index is 11.1. The van der Waals surface area contributed by atoms with Crippen LogP contribution in [0, 0.1) is 0 Å². The lowest BCUT2D eigenvalue weighted by Crippen LogP contribution is -2.30. The van der Waals surface area contributed by atoms with Crippen LogP contribution >= 0.6 is 11.8 Å². The van der Waals surface area contributed by atoms with Crippen LogP contribution in [0.15, 0.2) is 6.20 Å². The van der Waals surface area contributed by atoms with E-state index in [1.807, 2.05) is 17.2 Å². The summed E-state index contributed by atoms with van der Waals surface area (Å²) in [5.74, 6) is 6.54. The molecule has 0 aromatic carbocycles. The van der Waals surface area contributed by atoms with Gasteiger partial charge in [0.2, 0.25) is 0 Å². The van der Waals surface area contributed by atoms with Crippen molar-refractivity contribution >= 4 is 17.7 Å². The lowest BCUT2D eigenvalue weighted by molar-refractivity contribution is 0.0948. The van der Waals surface area contributed by atoms with Crippen LogP contribution in [0.25, 0.3) is 0 Å². The summed E-state index contributed by atoms with van der Waals surface area (Å²) in [6.07, 6.45) is 2.62. The average molecular weight is 259 g/mol. The van der Waals surface area contributed by atoms with Crippen molar-refractivity contribution in [3.8, 4) is 0 Å². The first-order chi connectivity index (χ1) is 8.27. The molecule has 7 nitrogen and oxygen atoms in total. The van der Waals surface area contributed by atoms with Crippen molar-refractivity contribution in [1.29, 1.82) is 0 Å². The summed E-state index contributed by atoms with van der Waals surface area (Å²) < 4.78 is 6.58. The van der Waals surface area contributed by atoms with E-state index in [0.717, 1.165) is 31.1 Å². The Bertz CT molecular complexity index is 344. The lowest BCUT2D eigenvalue weighted by Gasteiger charge is -2.01. The summed E-state index contributed by atoms with van der Waals surface area (Å²) in [4.78, 5) is 11.1. The zero-order chi connectivity index (χ0) is 12.5. The summed E-state index contributed by atoms with van der Waals surface area (Å²) in [5.41, 5.74) is 2.24. The van der Waals surface area contributed by atoms with E-state index in [4.69, 9.17) is 10.6 Å². The molecule has 0 spiro atoms. The Morgan fingerprint density at radius 1 is 1.65 bits per heavy atom. The fourth-order valence-corrected chi connectivity index (χ4v) is 1.99. The van der Waals surface area contributed by atoms with Gasteiger partial charge in [-0.05, 0) is 12.2 Å². The first-order valence-electron chi connectivity index (χ1n) is 5.25. The van der Waals surface area contributed by atoms with Gasteiger partial charge in [-0.3, -0.25) is 14.9 Å². The van der Waals surface area contributed by atoms with Gasteiger partial charge in [-0.2, -0.15) is 11.8 Å². The summed E-state index contributed by atoms with van der Waals surface area (Å²) in [6.45, 7) is 1.51. The molecule has 0 aliphatic heterocycles. The molecule has 17 heavy (non-hydrogen) atoms. The molecule has 0 bridgehead atoms. The van der Waals surface area contributed by atoms with Crippen molar-refractivity contribution in [2.75, 3.05) is 25.2 Å². The van der Waals surface area contributed by atoms with Gasteiger partial charge >= 0.3 is 0 Å². The summed E-state index contributed by atoms with van der Waals surface area (Å²) in [6, 6.07) is 0. The van der Waals surface area contributed by atoms with E-state index < -0.39 is 5.91 Å². The minimum atomic E-state index is -0.427. The van der Waals surface area contributed by atoms with Gasteiger partial charge in [0.15, 0.2) is 5.69 Å². The Morgan fingerprint density at radius 3 is 3.18 bits per heavy atom. The summed E-state index contributed by atoms with van der Waals surface area (Å²) in [5, 5.41) is 7.54. The van der Waals surface area contributed by atoms with E-state index in [1.165, 1.54) is 0 Å². The van der Waals surface area contributed by atoms with E-state index in [1.54, 1.807) is 18.0 Å². The monoisotopic (exact) mass is 259 g/mol. The van der Waals surface area contributed by atoms with E-state index >= 15 is 0 Å². The number of amides is 1. The highest BCUT2D eigenvalue weighted by Crippen LogP contribution is 2.03. The maximum Gasteiger partial charge on any atom is 0.287 e. The number of ether oxygens (including phenoxy) is 1. The van der Waals surface area contributed by atoms with E-state index in [0.29, 0.717) is 0 Å². The molecule has 8 heteroatoms. The molecule has 1 heterocycles. The van der Waals surface area contributed by atoms with Crippen LogP contribution in [0.2, 0.25) is 0 Å². The van der Waals surface area contributed by atoms with Crippen LogP contribution in [-0.4, -0.2) is 46.1 Å². The Kier molecular flexibility index (Phi) is 6.60. The topological polar surface area (TPSA) is 95.1 Å². The van der Waals surface area contributed by atoms with Crippen LogP contribution in [0.4, 0.5) is 0 Å². The number of hydrogen-bond donors (Lipinski definition) is 2. The molecule has 3 N–H and O–H groups in total. The molecule has 0 aliphatic carbocycles. The number of nitrogens with two attached hydrogens (primary N) is 1. The van der Waals surface area contributed by atoms with Gasteiger partial charge < -0.3 is 4.74 Å². The largest absolute Gasteiger partial charge is 0.385 e. The van der Waals surface area contributed by atoms with Crippen molar-refractivity contribution in [2.24, 2.45) is 5.84 Å². The number of rotatable bonds is 8. The maximum atomic E-state index is 11.1. The number of aromatic nitrogens is 3. The third-order valence-corrected chi connectivity index (χ3v) is 3.05. The zero-order valence-corrected chi connectivity index (χ0v) is 10.6. The third-order valence-electron chi connectivity index (χ3n) is 2.00. The SMILES string of the molecule is COCCCSCCn1cc(C(=O)NN)nn1. The lowest BCUT2D eigenvalue weighted by atomic mass is 10.5. The van der Waals surface area contributed by atoms with Gasteiger partial charge in [0.05, 0.1) is 12.7 Å². The van der Waals surface area contributed by atoms with Crippen LogP contribution in [0.1, 0.15) is 16.9 Å².